The normalized spacial score (nSPS) is 18.5. The molecule has 9 heteroatoms. The molecule has 1 aromatic heterocycles. The highest BCUT2D eigenvalue weighted by molar-refractivity contribution is 7.89. The number of nitrogens with zero attached hydrogens (tertiary/aromatic N) is 3. The maximum atomic E-state index is 13.2. The van der Waals surface area contributed by atoms with Crippen LogP contribution < -0.4 is 10.2 Å². The van der Waals surface area contributed by atoms with Crippen molar-refractivity contribution >= 4 is 21.7 Å². The highest BCUT2D eigenvalue weighted by Gasteiger charge is 2.32. The van der Waals surface area contributed by atoms with Gasteiger partial charge in [0.15, 0.2) is 0 Å². The Morgan fingerprint density at radius 1 is 1.09 bits per heavy atom. The molecule has 0 radical (unpaired) electrons. The van der Waals surface area contributed by atoms with Gasteiger partial charge in [-0.2, -0.15) is 4.31 Å². The number of morpholine rings is 1. The number of aromatic nitrogens is 1. The number of carbonyl (C=O) groups excluding carboxylic acids is 1. The summed E-state index contributed by atoms with van der Waals surface area (Å²) in [5.41, 5.74) is 2.27. The van der Waals surface area contributed by atoms with E-state index in [2.05, 4.69) is 10.3 Å². The number of rotatable bonds is 6. The number of aryl methyl sites for hydroxylation is 1. The average molecular weight is 459 g/mol. The van der Waals surface area contributed by atoms with Crippen LogP contribution in [0.25, 0.3) is 0 Å². The smallest absolute Gasteiger partial charge is 0.246 e. The van der Waals surface area contributed by atoms with Crippen LogP contribution >= 0.6 is 0 Å². The van der Waals surface area contributed by atoms with E-state index in [0.29, 0.717) is 64.6 Å². The van der Waals surface area contributed by atoms with Gasteiger partial charge in [-0.3, -0.25) is 4.79 Å². The third-order valence-corrected chi connectivity index (χ3v) is 8.01. The molecule has 2 aromatic rings. The third-order valence-electron chi connectivity index (χ3n) is 6.09. The van der Waals surface area contributed by atoms with Crippen molar-refractivity contribution in [2.75, 3.05) is 44.3 Å². The van der Waals surface area contributed by atoms with Gasteiger partial charge in [0.25, 0.3) is 0 Å². The third kappa shape index (κ3) is 5.11. The van der Waals surface area contributed by atoms with Crippen molar-refractivity contribution in [3.8, 4) is 0 Å². The maximum Gasteiger partial charge on any atom is 0.246 e. The minimum atomic E-state index is -3.64. The lowest BCUT2D eigenvalue weighted by Crippen LogP contribution is -2.43. The zero-order valence-electron chi connectivity index (χ0n) is 18.4. The average Bonchev–Trinajstić information content (AvgIpc) is 2.84. The monoisotopic (exact) mass is 458 g/mol. The van der Waals surface area contributed by atoms with E-state index in [9.17, 15) is 13.2 Å². The van der Waals surface area contributed by atoms with E-state index in [4.69, 9.17) is 4.74 Å². The molecule has 0 saturated carbocycles. The number of amides is 1. The number of anilines is 1. The van der Waals surface area contributed by atoms with Crippen molar-refractivity contribution in [2.45, 2.75) is 31.2 Å². The van der Waals surface area contributed by atoms with E-state index in [1.807, 2.05) is 36.1 Å². The van der Waals surface area contributed by atoms with Gasteiger partial charge >= 0.3 is 0 Å². The van der Waals surface area contributed by atoms with Crippen LogP contribution in [0.15, 0.2) is 47.5 Å². The molecule has 2 aliphatic rings. The Hall–Kier alpha value is -2.49. The minimum Gasteiger partial charge on any atom is -0.379 e. The van der Waals surface area contributed by atoms with Crippen molar-refractivity contribution in [1.82, 2.24) is 14.6 Å². The number of ether oxygens (including phenoxy) is 1. The Kier molecular flexibility index (Phi) is 7.07. The summed E-state index contributed by atoms with van der Waals surface area (Å²) in [4.78, 5) is 19.3. The molecule has 172 valence electrons. The molecule has 2 saturated heterocycles. The lowest BCUT2D eigenvalue weighted by molar-refractivity contribution is -0.125. The Morgan fingerprint density at radius 2 is 1.78 bits per heavy atom. The van der Waals surface area contributed by atoms with Crippen LogP contribution in [0.2, 0.25) is 0 Å². The number of hydrogen-bond acceptors (Lipinski definition) is 6. The first-order valence-corrected chi connectivity index (χ1v) is 12.5. The van der Waals surface area contributed by atoms with E-state index < -0.39 is 10.0 Å². The quantitative estimate of drug-likeness (QED) is 0.711. The van der Waals surface area contributed by atoms with Gasteiger partial charge in [0.2, 0.25) is 15.9 Å². The molecule has 1 N–H and O–H groups in total. The maximum absolute atomic E-state index is 13.2. The van der Waals surface area contributed by atoms with E-state index in [0.717, 1.165) is 5.56 Å². The zero-order chi connectivity index (χ0) is 22.6. The van der Waals surface area contributed by atoms with Gasteiger partial charge in [-0.15, -0.1) is 0 Å². The van der Waals surface area contributed by atoms with Crippen LogP contribution in [0.1, 0.15) is 24.0 Å². The molecule has 3 heterocycles. The van der Waals surface area contributed by atoms with Crippen LogP contribution in [-0.4, -0.2) is 63.0 Å². The van der Waals surface area contributed by atoms with E-state index in [-0.39, 0.29) is 16.7 Å². The number of benzene rings is 1. The highest BCUT2D eigenvalue weighted by Crippen LogP contribution is 2.29. The van der Waals surface area contributed by atoms with Gasteiger partial charge in [0.1, 0.15) is 10.7 Å². The summed E-state index contributed by atoms with van der Waals surface area (Å²) < 4.78 is 33.2. The molecular formula is C23H30N4O4S. The van der Waals surface area contributed by atoms with Crippen LogP contribution in [-0.2, 0) is 26.1 Å². The van der Waals surface area contributed by atoms with Crippen LogP contribution in [0, 0.1) is 12.8 Å². The summed E-state index contributed by atoms with van der Waals surface area (Å²) in [7, 11) is -3.64. The highest BCUT2D eigenvalue weighted by atomic mass is 32.2. The Labute approximate surface area is 189 Å². The first-order chi connectivity index (χ1) is 15.4. The predicted octanol–water partition coefficient (Wildman–Crippen LogP) is 1.94. The second kappa shape index (κ2) is 9.97. The molecule has 1 aromatic carbocycles. The molecule has 8 nitrogen and oxygen atoms in total. The molecule has 32 heavy (non-hydrogen) atoms. The molecule has 2 aliphatic heterocycles. The summed E-state index contributed by atoms with van der Waals surface area (Å²) in [6, 6.07) is 11.4. The number of carbonyl (C=O) groups is 1. The van der Waals surface area contributed by atoms with Gasteiger partial charge in [0, 0.05) is 44.8 Å². The molecule has 0 spiro atoms. The van der Waals surface area contributed by atoms with Crippen molar-refractivity contribution in [3.63, 3.8) is 0 Å². The Balaban J connectivity index is 1.38. The second-order valence-corrected chi connectivity index (χ2v) is 10.2. The van der Waals surface area contributed by atoms with Crippen molar-refractivity contribution in [2.24, 2.45) is 5.92 Å². The first kappa shape index (κ1) is 22.7. The molecule has 4 rings (SSSR count). The number of piperidine rings is 1. The summed E-state index contributed by atoms with van der Waals surface area (Å²) >= 11 is 0. The molecule has 1 amide bonds. The number of nitrogens with one attached hydrogen (secondary N) is 1. The fourth-order valence-electron chi connectivity index (χ4n) is 4.14. The largest absolute Gasteiger partial charge is 0.379 e. The summed E-state index contributed by atoms with van der Waals surface area (Å²) in [5.74, 6) is 0.435. The fourth-order valence-corrected chi connectivity index (χ4v) is 5.71. The minimum absolute atomic E-state index is 0.0485. The van der Waals surface area contributed by atoms with Crippen molar-refractivity contribution in [3.05, 3.63) is 53.7 Å². The van der Waals surface area contributed by atoms with Gasteiger partial charge in [-0.25, -0.2) is 13.4 Å². The van der Waals surface area contributed by atoms with E-state index in [1.165, 1.54) is 9.87 Å². The molecule has 2 fully saturated rings. The number of sulfonamides is 1. The van der Waals surface area contributed by atoms with Crippen molar-refractivity contribution in [1.29, 1.82) is 0 Å². The Bertz CT molecular complexity index is 1030. The van der Waals surface area contributed by atoms with Crippen LogP contribution in [0.3, 0.4) is 0 Å². The molecular weight excluding hydrogens is 428 g/mol. The number of pyridine rings is 1. The van der Waals surface area contributed by atoms with Crippen LogP contribution in [0.5, 0.6) is 0 Å². The topological polar surface area (TPSA) is 91.8 Å². The lowest BCUT2D eigenvalue weighted by Gasteiger charge is -2.34. The molecule has 0 atom stereocenters. The summed E-state index contributed by atoms with van der Waals surface area (Å²) in [6.45, 7) is 5.23. The van der Waals surface area contributed by atoms with Gasteiger partial charge in [-0.1, -0.05) is 29.8 Å². The first-order valence-electron chi connectivity index (χ1n) is 11.1. The summed E-state index contributed by atoms with van der Waals surface area (Å²) in [5, 5.41) is 3.03. The SMILES string of the molecule is Cc1ccc(CNC(=O)C2CCN(c3ncccc3S(=O)(=O)N3CCOCC3)CC2)cc1. The Morgan fingerprint density at radius 3 is 2.47 bits per heavy atom. The fraction of sp³-hybridized carbons (Fsp3) is 0.478. The second-order valence-electron chi connectivity index (χ2n) is 8.31. The zero-order valence-corrected chi connectivity index (χ0v) is 19.2. The summed E-state index contributed by atoms with van der Waals surface area (Å²) in [6.07, 6.45) is 2.94. The predicted molar refractivity (Wildman–Crippen MR) is 122 cm³/mol. The molecule has 0 bridgehead atoms. The van der Waals surface area contributed by atoms with E-state index in [1.54, 1.807) is 18.3 Å². The van der Waals surface area contributed by atoms with Crippen LogP contribution in [0.4, 0.5) is 5.82 Å². The van der Waals surface area contributed by atoms with Crippen molar-refractivity contribution < 1.29 is 17.9 Å². The van der Waals surface area contributed by atoms with Gasteiger partial charge in [-0.05, 0) is 37.5 Å². The number of hydrogen-bond donors (Lipinski definition) is 1. The van der Waals surface area contributed by atoms with Gasteiger partial charge in [0.05, 0.1) is 13.2 Å². The van der Waals surface area contributed by atoms with E-state index >= 15 is 0 Å². The standard InChI is InChI=1S/C23H30N4O4S/c1-18-4-6-19(7-5-18)17-25-23(28)20-8-11-26(12-9-20)22-21(3-2-10-24-22)32(29,30)27-13-15-31-16-14-27/h2-7,10,20H,8-9,11-17H2,1H3,(H,25,28). The molecule has 0 aliphatic carbocycles. The lowest BCUT2D eigenvalue weighted by atomic mass is 9.95. The molecule has 0 unspecified atom stereocenters. The van der Waals surface area contributed by atoms with Gasteiger partial charge < -0.3 is 15.0 Å².